The second-order valence-electron chi connectivity index (χ2n) is 7.41. The van der Waals surface area contributed by atoms with Crippen LogP contribution in [0.3, 0.4) is 0 Å². The molecule has 0 atom stereocenters. The van der Waals surface area contributed by atoms with Gasteiger partial charge >= 0.3 is 0 Å². The lowest BCUT2D eigenvalue weighted by Gasteiger charge is -2.26. The first-order valence-electron chi connectivity index (χ1n) is 10.3. The van der Waals surface area contributed by atoms with Crippen LogP contribution in [0.1, 0.15) is 5.56 Å². The van der Waals surface area contributed by atoms with Gasteiger partial charge in [-0.15, -0.1) is 0 Å². The standard InChI is InChI=1S/C21H26N6O4/c1-25-20-18(13-24-25)21(29)27(15-23-20)14-19(28)22-12-16-3-2-4-17(11-16)31-10-7-26-5-8-30-9-6-26/h2-4,11,13,15H,5-10,12,14H2,1H3,(H,22,28). The molecular formula is C21H26N6O4. The largest absolute Gasteiger partial charge is 0.492 e. The summed E-state index contributed by atoms with van der Waals surface area (Å²) in [6, 6.07) is 7.63. The summed E-state index contributed by atoms with van der Waals surface area (Å²) in [7, 11) is 1.71. The molecule has 1 amide bonds. The van der Waals surface area contributed by atoms with Gasteiger partial charge in [0.25, 0.3) is 5.56 Å². The Hall–Kier alpha value is -3.24. The summed E-state index contributed by atoms with van der Waals surface area (Å²) < 4.78 is 14.0. The summed E-state index contributed by atoms with van der Waals surface area (Å²) in [5.41, 5.74) is 1.13. The van der Waals surface area contributed by atoms with Gasteiger partial charge in [0.05, 0.1) is 19.4 Å². The number of ether oxygens (including phenoxy) is 2. The lowest BCUT2D eigenvalue weighted by molar-refractivity contribution is -0.121. The second kappa shape index (κ2) is 9.71. The van der Waals surface area contributed by atoms with Crippen molar-refractivity contribution in [3.63, 3.8) is 0 Å². The van der Waals surface area contributed by atoms with E-state index in [1.165, 1.54) is 21.8 Å². The summed E-state index contributed by atoms with van der Waals surface area (Å²) in [4.78, 5) is 31.3. The first-order chi connectivity index (χ1) is 15.1. The molecule has 0 radical (unpaired) electrons. The van der Waals surface area contributed by atoms with Crippen LogP contribution in [0.4, 0.5) is 0 Å². The normalized spacial score (nSPS) is 14.6. The Morgan fingerprint density at radius 1 is 1.29 bits per heavy atom. The molecule has 1 aliphatic heterocycles. The van der Waals surface area contributed by atoms with Gasteiger partial charge in [0.2, 0.25) is 5.91 Å². The lowest BCUT2D eigenvalue weighted by atomic mass is 10.2. The van der Waals surface area contributed by atoms with E-state index in [2.05, 4.69) is 20.3 Å². The number of hydrogen-bond acceptors (Lipinski definition) is 7. The molecule has 0 bridgehead atoms. The third kappa shape index (κ3) is 5.28. The average Bonchev–Trinajstić information content (AvgIpc) is 3.17. The highest BCUT2D eigenvalue weighted by molar-refractivity contribution is 5.77. The van der Waals surface area contributed by atoms with Gasteiger partial charge in [-0.25, -0.2) is 4.98 Å². The predicted molar refractivity (Wildman–Crippen MR) is 114 cm³/mol. The topological polar surface area (TPSA) is 104 Å². The molecule has 1 aromatic carbocycles. The van der Waals surface area contributed by atoms with E-state index in [1.54, 1.807) is 7.05 Å². The number of hydrogen-bond donors (Lipinski definition) is 1. The molecule has 0 spiro atoms. The van der Waals surface area contributed by atoms with Crippen molar-refractivity contribution in [1.82, 2.24) is 29.5 Å². The molecule has 0 aliphatic carbocycles. The zero-order valence-electron chi connectivity index (χ0n) is 17.5. The molecule has 164 valence electrons. The molecule has 3 heterocycles. The minimum Gasteiger partial charge on any atom is -0.492 e. The maximum atomic E-state index is 12.5. The molecule has 1 saturated heterocycles. The van der Waals surface area contributed by atoms with E-state index in [0.717, 1.165) is 44.2 Å². The Balaban J connectivity index is 1.28. The van der Waals surface area contributed by atoms with Crippen LogP contribution in [0.2, 0.25) is 0 Å². The molecule has 2 aromatic heterocycles. The van der Waals surface area contributed by atoms with Crippen LogP contribution < -0.4 is 15.6 Å². The van der Waals surface area contributed by atoms with E-state index in [1.807, 2.05) is 24.3 Å². The van der Waals surface area contributed by atoms with E-state index in [4.69, 9.17) is 9.47 Å². The van der Waals surface area contributed by atoms with Crippen LogP contribution >= 0.6 is 0 Å². The van der Waals surface area contributed by atoms with Crippen molar-refractivity contribution in [3.8, 4) is 5.75 Å². The number of rotatable bonds is 8. The maximum absolute atomic E-state index is 12.5. The fraction of sp³-hybridized carbons (Fsp3) is 0.429. The second-order valence-corrected chi connectivity index (χ2v) is 7.41. The zero-order valence-corrected chi connectivity index (χ0v) is 17.5. The molecule has 1 fully saturated rings. The van der Waals surface area contributed by atoms with Crippen molar-refractivity contribution in [3.05, 3.63) is 52.7 Å². The van der Waals surface area contributed by atoms with Gasteiger partial charge in [0, 0.05) is 33.2 Å². The summed E-state index contributed by atoms with van der Waals surface area (Å²) in [6.07, 6.45) is 2.83. The molecule has 0 saturated carbocycles. The van der Waals surface area contributed by atoms with E-state index < -0.39 is 0 Å². The third-order valence-electron chi connectivity index (χ3n) is 5.20. The number of nitrogens with zero attached hydrogens (tertiary/aromatic N) is 5. The van der Waals surface area contributed by atoms with Gasteiger partial charge in [-0.1, -0.05) is 12.1 Å². The van der Waals surface area contributed by atoms with E-state index >= 15 is 0 Å². The minimum atomic E-state index is -0.288. The number of fused-ring (bicyclic) bond motifs is 1. The van der Waals surface area contributed by atoms with Gasteiger partial charge < -0.3 is 14.8 Å². The van der Waals surface area contributed by atoms with Crippen molar-refractivity contribution in [2.45, 2.75) is 13.1 Å². The van der Waals surface area contributed by atoms with Crippen LogP contribution in [-0.4, -0.2) is 69.6 Å². The van der Waals surface area contributed by atoms with E-state index in [-0.39, 0.29) is 18.0 Å². The minimum absolute atomic E-state index is 0.105. The summed E-state index contributed by atoms with van der Waals surface area (Å²) >= 11 is 0. The van der Waals surface area contributed by atoms with Gasteiger partial charge in [-0.05, 0) is 17.7 Å². The number of carbonyl (C=O) groups is 1. The number of amides is 1. The Kier molecular flexibility index (Phi) is 6.58. The zero-order chi connectivity index (χ0) is 21.6. The highest BCUT2D eigenvalue weighted by atomic mass is 16.5. The van der Waals surface area contributed by atoms with Crippen LogP contribution in [0.5, 0.6) is 5.75 Å². The van der Waals surface area contributed by atoms with Crippen molar-refractivity contribution in [2.24, 2.45) is 7.05 Å². The SMILES string of the molecule is Cn1ncc2c(=O)n(CC(=O)NCc3cccc(OCCN4CCOCC4)c3)cnc21. The lowest BCUT2D eigenvalue weighted by Crippen LogP contribution is -2.38. The van der Waals surface area contributed by atoms with Gasteiger partial charge in [0.1, 0.15) is 30.6 Å². The van der Waals surface area contributed by atoms with E-state index in [0.29, 0.717) is 24.2 Å². The van der Waals surface area contributed by atoms with Crippen molar-refractivity contribution >= 4 is 16.9 Å². The highest BCUT2D eigenvalue weighted by Gasteiger charge is 2.12. The molecule has 10 nitrogen and oxygen atoms in total. The van der Waals surface area contributed by atoms with Crippen LogP contribution in [0, 0.1) is 0 Å². The summed E-state index contributed by atoms with van der Waals surface area (Å²) in [5.74, 6) is 0.494. The van der Waals surface area contributed by atoms with Crippen molar-refractivity contribution in [1.29, 1.82) is 0 Å². The first kappa shape index (κ1) is 21.0. The summed E-state index contributed by atoms with van der Waals surface area (Å²) in [6.45, 7) is 5.10. The summed E-state index contributed by atoms with van der Waals surface area (Å²) in [5, 5.41) is 7.26. The molecule has 10 heteroatoms. The quantitative estimate of drug-likeness (QED) is 0.547. The van der Waals surface area contributed by atoms with E-state index in [9.17, 15) is 9.59 Å². The Bertz CT molecular complexity index is 1100. The average molecular weight is 426 g/mol. The first-order valence-corrected chi connectivity index (χ1v) is 10.3. The van der Waals surface area contributed by atoms with Crippen molar-refractivity contribution < 1.29 is 14.3 Å². The van der Waals surface area contributed by atoms with Crippen LogP contribution in [0.15, 0.2) is 41.6 Å². The van der Waals surface area contributed by atoms with Gasteiger partial charge in [0.15, 0.2) is 5.65 Å². The Labute approximate surface area is 179 Å². The third-order valence-corrected chi connectivity index (χ3v) is 5.20. The molecule has 4 rings (SSSR count). The fourth-order valence-electron chi connectivity index (χ4n) is 3.45. The number of aryl methyl sites for hydroxylation is 1. The number of nitrogens with one attached hydrogen (secondary N) is 1. The van der Waals surface area contributed by atoms with Crippen LogP contribution in [0.25, 0.3) is 11.0 Å². The molecular weight excluding hydrogens is 400 g/mol. The molecule has 3 aromatic rings. The maximum Gasteiger partial charge on any atom is 0.264 e. The smallest absolute Gasteiger partial charge is 0.264 e. The monoisotopic (exact) mass is 426 g/mol. The van der Waals surface area contributed by atoms with Crippen molar-refractivity contribution in [2.75, 3.05) is 39.5 Å². The Morgan fingerprint density at radius 2 is 2.13 bits per heavy atom. The number of benzene rings is 1. The fourth-order valence-corrected chi connectivity index (χ4v) is 3.45. The van der Waals surface area contributed by atoms with Gasteiger partial charge in [-0.3, -0.25) is 23.7 Å². The number of carbonyl (C=O) groups excluding carboxylic acids is 1. The molecule has 31 heavy (non-hydrogen) atoms. The number of aromatic nitrogens is 4. The molecule has 1 aliphatic rings. The molecule has 1 N–H and O–H groups in total. The van der Waals surface area contributed by atoms with Crippen LogP contribution in [-0.2, 0) is 29.7 Å². The Morgan fingerprint density at radius 3 is 2.97 bits per heavy atom. The number of morpholine rings is 1. The predicted octanol–water partition coefficient (Wildman–Crippen LogP) is 0.157. The van der Waals surface area contributed by atoms with Gasteiger partial charge in [-0.2, -0.15) is 5.10 Å². The molecule has 0 unspecified atom stereocenters. The highest BCUT2D eigenvalue weighted by Crippen LogP contribution is 2.13.